The third-order valence-corrected chi connectivity index (χ3v) is 5.51. The van der Waals surface area contributed by atoms with Gasteiger partial charge in [0.2, 0.25) is 0 Å². The van der Waals surface area contributed by atoms with Gasteiger partial charge < -0.3 is 15.6 Å². The number of unbranched alkanes of at least 4 members (excludes halogenated alkanes) is 3. The van der Waals surface area contributed by atoms with Crippen LogP contribution in [-0.2, 0) is 11.3 Å². The van der Waals surface area contributed by atoms with E-state index in [0.29, 0.717) is 18.6 Å². The second-order valence-electron chi connectivity index (χ2n) is 7.69. The normalized spacial score (nSPS) is 19.5. The van der Waals surface area contributed by atoms with E-state index < -0.39 is 0 Å². The van der Waals surface area contributed by atoms with Crippen LogP contribution >= 0.6 is 0 Å². The van der Waals surface area contributed by atoms with E-state index in [1.165, 1.54) is 38.5 Å². The molecule has 1 aromatic carbocycles. The highest BCUT2D eigenvalue weighted by Gasteiger charge is 2.25. The first-order valence-corrected chi connectivity index (χ1v) is 10.5. The lowest BCUT2D eigenvalue weighted by atomic mass is 10.0. The van der Waals surface area contributed by atoms with Crippen molar-refractivity contribution in [2.45, 2.75) is 64.6 Å². The molecule has 1 aliphatic rings. The topological polar surface area (TPSA) is 68.4 Å². The molecule has 0 bridgehead atoms. The Balaban J connectivity index is 1.52. The second-order valence-corrected chi connectivity index (χ2v) is 7.69. The molecule has 4 heteroatoms. The quantitative estimate of drug-likeness (QED) is 0.422. The van der Waals surface area contributed by atoms with E-state index in [1.807, 2.05) is 12.1 Å². The van der Waals surface area contributed by atoms with Gasteiger partial charge in [-0.05, 0) is 42.9 Å². The van der Waals surface area contributed by atoms with Crippen molar-refractivity contribution in [3.63, 3.8) is 0 Å². The van der Waals surface area contributed by atoms with Gasteiger partial charge in [0.15, 0.2) is 11.6 Å². The van der Waals surface area contributed by atoms with Crippen molar-refractivity contribution < 1.29 is 9.84 Å². The maximum Gasteiger partial charge on any atom is 0.165 e. The van der Waals surface area contributed by atoms with E-state index in [4.69, 9.17) is 10.5 Å². The van der Waals surface area contributed by atoms with Crippen LogP contribution in [0, 0.1) is 5.92 Å². The highest BCUT2D eigenvalue weighted by atomic mass is 16.5. The van der Waals surface area contributed by atoms with Crippen LogP contribution in [0.2, 0.25) is 0 Å². The van der Waals surface area contributed by atoms with E-state index in [1.54, 1.807) is 12.3 Å². The largest absolute Gasteiger partial charge is 0.504 e. The molecular formula is C24H32N2O2. The molecule has 0 radical (unpaired) electrons. The van der Waals surface area contributed by atoms with Crippen LogP contribution in [0.25, 0.3) is 11.1 Å². The van der Waals surface area contributed by atoms with E-state index in [2.05, 4.69) is 36.2 Å². The van der Waals surface area contributed by atoms with Crippen LogP contribution in [-0.4, -0.2) is 16.2 Å². The number of ether oxygens (including phenoxy) is 1. The summed E-state index contributed by atoms with van der Waals surface area (Å²) in [6.07, 6.45) is 15.5. The van der Waals surface area contributed by atoms with Gasteiger partial charge in [0, 0.05) is 17.7 Å². The molecule has 0 amide bonds. The van der Waals surface area contributed by atoms with Gasteiger partial charge in [-0.15, -0.1) is 0 Å². The summed E-state index contributed by atoms with van der Waals surface area (Å²) in [5, 5.41) is 9.74. The lowest BCUT2D eigenvalue weighted by Gasteiger charge is -2.17. The molecule has 1 heterocycles. The molecule has 0 aliphatic heterocycles. The van der Waals surface area contributed by atoms with E-state index in [-0.39, 0.29) is 11.6 Å². The summed E-state index contributed by atoms with van der Waals surface area (Å²) in [7, 11) is 0. The molecule has 2 atom stereocenters. The maximum absolute atomic E-state index is 9.74. The molecule has 0 spiro atoms. The molecule has 4 nitrogen and oxygen atoms in total. The fourth-order valence-electron chi connectivity index (χ4n) is 3.78. The van der Waals surface area contributed by atoms with Crippen molar-refractivity contribution in [3.05, 3.63) is 54.2 Å². The average Bonchev–Trinajstić information content (AvgIpc) is 3.16. The monoisotopic (exact) mass is 380 g/mol. The first-order chi connectivity index (χ1) is 13.7. The SMILES string of the molecule is CCCCC/C=C/[C@H]1CCCC1OCc1ccc(-c2cnc(N)c(O)c2)cc1. The summed E-state index contributed by atoms with van der Waals surface area (Å²) in [6, 6.07) is 9.86. The van der Waals surface area contributed by atoms with Gasteiger partial charge >= 0.3 is 0 Å². The molecule has 1 saturated carbocycles. The Morgan fingerprint density at radius 3 is 2.75 bits per heavy atom. The summed E-state index contributed by atoms with van der Waals surface area (Å²) in [4.78, 5) is 4.01. The number of hydrogen-bond acceptors (Lipinski definition) is 4. The van der Waals surface area contributed by atoms with Gasteiger partial charge in [-0.3, -0.25) is 0 Å². The van der Waals surface area contributed by atoms with Gasteiger partial charge in [0.05, 0.1) is 12.7 Å². The number of aromatic hydroxyl groups is 1. The Bertz CT molecular complexity index is 771. The summed E-state index contributed by atoms with van der Waals surface area (Å²) in [5.74, 6) is 0.726. The highest BCUT2D eigenvalue weighted by molar-refractivity contribution is 5.66. The molecule has 1 aliphatic carbocycles. The zero-order chi connectivity index (χ0) is 19.8. The van der Waals surface area contributed by atoms with Crippen molar-refractivity contribution in [2.24, 2.45) is 5.92 Å². The summed E-state index contributed by atoms with van der Waals surface area (Å²) >= 11 is 0. The number of aromatic nitrogens is 1. The van der Waals surface area contributed by atoms with Crippen molar-refractivity contribution in [2.75, 3.05) is 5.73 Å². The Hall–Kier alpha value is -2.33. The first kappa shape index (κ1) is 20.4. The molecule has 3 N–H and O–H groups in total. The van der Waals surface area contributed by atoms with Gasteiger partial charge in [-0.25, -0.2) is 4.98 Å². The van der Waals surface area contributed by atoms with Gasteiger partial charge in [-0.2, -0.15) is 0 Å². The van der Waals surface area contributed by atoms with Crippen molar-refractivity contribution in [3.8, 4) is 16.9 Å². The van der Waals surface area contributed by atoms with Gasteiger partial charge in [0.1, 0.15) is 0 Å². The minimum absolute atomic E-state index is 0.0138. The van der Waals surface area contributed by atoms with Crippen LogP contribution < -0.4 is 5.73 Å². The number of nitrogen functional groups attached to an aromatic ring is 1. The number of hydrogen-bond donors (Lipinski definition) is 2. The molecule has 150 valence electrons. The number of benzene rings is 1. The van der Waals surface area contributed by atoms with Gasteiger partial charge in [-0.1, -0.05) is 62.6 Å². The standard InChI is InChI=1S/C24H32N2O2/c1-2-3-4-5-6-8-20-9-7-10-23(20)28-17-18-11-13-19(14-12-18)21-15-22(27)24(25)26-16-21/h6,8,11-16,20,23,27H,2-5,7,9-10,17H2,1H3,(H2,25,26)/b8-6+/t20-,23?/m0/s1. The molecule has 28 heavy (non-hydrogen) atoms. The molecule has 3 rings (SSSR count). The summed E-state index contributed by atoms with van der Waals surface area (Å²) in [5.41, 5.74) is 8.58. The van der Waals surface area contributed by atoms with E-state index in [9.17, 15) is 5.11 Å². The van der Waals surface area contributed by atoms with Crippen LogP contribution in [0.4, 0.5) is 5.82 Å². The van der Waals surface area contributed by atoms with Gasteiger partial charge in [0.25, 0.3) is 0 Å². The van der Waals surface area contributed by atoms with Crippen LogP contribution in [0.3, 0.4) is 0 Å². The average molecular weight is 381 g/mol. The molecule has 1 aromatic heterocycles. The van der Waals surface area contributed by atoms with Crippen LogP contribution in [0.5, 0.6) is 5.75 Å². The van der Waals surface area contributed by atoms with E-state index >= 15 is 0 Å². The lowest BCUT2D eigenvalue weighted by molar-refractivity contribution is 0.0273. The lowest BCUT2D eigenvalue weighted by Crippen LogP contribution is -2.16. The third kappa shape index (κ3) is 5.59. The molecule has 1 fully saturated rings. The fourth-order valence-corrected chi connectivity index (χ4v) is 3.78. The number of allylic oxidation sites excluding steroid dienone is 1. The Morgan fingerprint density at radius 2 is 2.00 bits per heavy atom. The number of pyridine rings is 1. The molecule has 2 aromatic rings. The number of nitrogens with two attached hydrogens (primary N) is 1. The zero-order valence-corrected chi connectivity index (χ0v) is 16.8. The third-order valence-electron chi connectivity index (χ3n) is 5.51. The predicted octanol–water partition coefficient (Wildman–Crippen LogP) is 5.86. The minimum atomic E-state index is 0.0138. The van der Waals surface area contributed by atoms with Crippen molar-refractivity contribution in [1.82, 2.24) is 4.98 Å². The van der Waals surface area contributed by atoms with Crippen LogP contribution in [0.15, 0.2) is 48.7 Å². The number of rotatable bonds is 9. The Labute approximate surface area is 168 Å². The fraction of sp³-hybridized carbons (Fsp3) is 0.458. The second kappa shape index (κ2) is 10.3. The number of anilines is 1. The maximum atomic E-state index is 9.74. The minimum Gasteiger partial charge on any atom is -0.504 e. The highest BCUT2D eigenvalue weighted by Crippen LogP contribution is 2.31. The Morgan fingerprint density at radius 1 is 1.18 bits per heavy atom. The number of nitrogens with zero attached hydrogens (tertiary/aromatic N) is 1. The van der Waals surface area contributed by atoms with Crippen molar-refractivity contribution in [1.29, 1.82) is 0 Å². The van der Waals surface area contributed by atoms with E-state index in [0.717, 1.165) is 23.1 Å². The smallest absolute Gasteiger partial charge is 0.165 e. The molecule has 0 saturated heterocycles. The summed E-state index contributed by atoms with van der Waals surface area (Å²) in [6.45, 7) is 2.88. The van der Waals surface area contributed by atoms with Crippen molar-refractivity contribution >= 4 is 5.82 Å². The van der Waals surface area contributed by atoms with Crippen LogP contribution in [0.1, 0.15) is 57.4 Å². The first-order valence-electron chi connectivity index (χ1n) is 10.5. The predicted molar refractivity (Wildman–Crippen MR) is 115 cm³/mol. The summed E-state index contributed by atoms with van der Waals surface area (Å²) < 4.78 is 6.24. The zero-order valence-electron chi connectivity index (χ0n) is 16.8. The molecular weight excluding hydrogens is 348 g/mol. The molecule has 1 unspecified atom stereocenters. The Kier molecular flexibility index (Phi) is 7.49.